The Morgan fingerprint density at radius 2 is 2.39 bits per heavy atom. The second-order valence-electron chi connectivity index (χ2n) is 4.01. The van der Waals surface area contributed by atoms with Gasteiger partial charge in [-0.1, -0.05) is 0 Å². The van der Waals surface area contributed by atoms with Crippen molar-refractivity contribution >= 4 is 28.6 Å². The molecule has 0 saturated heterocycles. The first-order chi connectivity index (χ1) is 8.76. The molecule has 2 rings (SSSR count). The van der Waals surface area contributed by atoms with E-state index >= 15 is 0 Å². The van der Waals surface area contributed by atoms with E-state index in [2.05, 4.69) is 20.3 Å². The van der Waals surface area contributed by atoms with E-state index < -0.39 is 0 Å². The fourth-order valence-corrected chi connectivity index (χ4v) is 2.40. The fraction of sp³-hybridized carbons (Fsp3) is 0.455. The number of hydrogen-bond donors (Lipinski definition) is 4. The highest BCUT2D eigenvalue weighted by molar-refractivity contribution is 7.98. The van der Waals surface area contributed by atoms with Gasteiger partial charge >= 0.3 is 0 Å². The van der Waals surface area contributed by atoms with Gasteiger partial charge in [0.1, 0.15) is 11.8 Å². The Morgan fingerprint density at radius 1 is 1.56 bits per heavy atom. The summed E-state index contributed by atoms with van der Waals surface area (Å²) in [7, 11) is 0. The second kappa shape index (κ2) is 6.03. The smallest absolute Gasteiger partial charge is 0.151 e. The van der Waals surface area contributed by atoms with Crippen molar-refractivity contribution in [1.82, 2.24) is 20.3 Å². The lowest BCUT2D eigenvalue weighted by atomic mass is 10.2. The summed E-state index contributed by atoms with van der Waals surface area (Å²) in [5.41, 5.74) is 8.37. The molecule has 0 aliphatic carbocycles. The highest BCUT2D eigenvalue weighted by Gasteiger charge is 2.10. The van der Waals surface area contributed by atoms with Gasteiger partial charge in [0, 0.05) is 30.1 Å². The van der Waals surface area contributed by atoms with Crippen molar-refractivity contribution in [1.29, 1.82) is 0 Å². The number of H-pyrrole nitrogens is 1. The molecule has 0 radical (unpaired) electrons. The number of nitrogens with one attached hydrogen (secondary N) is 2. The van der Waals surface area contributed by atoms with Crippen LogP contribution < -0.4 is 11.1 Å². The van der Waals surface area contributed by atoms with E-state index in [4.69, 9.17) is 5.73 Å². The molecule has 0 unspecified atom stereocenters. The maximum atomic E-state index is 9.21. The number of nitrogen functional groups attached to an aromatic ring is 1. The lowest BCUT2D eigenvalue weighted by molar-refractivity contribution is 0.253. The normalized spacial score (nSPS) is 13.0. The van der Waals surface area contributed by atoms with Crippen molar-refractivity contribution in [3.05, 3.63) is 18.1 Å². The zero-order chi connectivity index (χ0) is 13.0. The van der Waals surface area contributed by atoms with Crippen LogP contribution in [0.25, 0.3) is 11.0 Å². The van der Waals surface area contributed by atoms with Crippen molar-refractivity contribution < 1.29 is 5.11 Å². The van der Waals surface area contributed by atoms with Crippen molar-refractivity contribution in [3.8, 4) is 0 Å². The molecular weight excluding hydrogens is 250 g/mol. The summed E-state index contributed by atoms with van der Waals surface area (Å²) in [6.07, 6.45) is 5.35. The number of hydrogen-bond acceptors (Lipinski definition) is 6. The molecule has 98 valence electrons. The van der Waals surface area contributed by atoms with E-state index in [9.17, 15) is 5.11 Å². The lowest BCUT2D eigenvalue weighted by Gasteiger charge is -2.14. The number of nitrogens with two attached hydrogens (primary N) is 1. The summed E-state index contributed by atoms with van der Waals surface area (Å²) in [5.74, 6) is 1.32. The molecule has 7 heteroatoms. The number of aromatic amines is 1. The van der Waals surface area contributed by atoms with Gasteiger partial charge in [0.15, 0.2) is 5.82 Å². The maximum Gasteiger partial charge on any atom is 0.151 e. The third-order valence-electron chi connectivity index (χ3n) is 2.74. The van der Waals surface area contributed by atoms with Crippen molar-refractivity contribution in [2.24, 2.45) is 0 Å². The predicted octanol–water partition coefficient (Wildman–Crippen LogP) is 0.354. The molecule has 1 atom stereocenters. The maximum absolute atomic E-state index is 9.21. The van der Waals surface area contributed by atoms with Gasteiger partial charge in [-0.2, -0.15) is 11.8 Å². The van der Waals surface area contributed by atoms with Gasteiger partial charge in [-0.25, -0.2) is 9.97 Å². The Labute approximate surface area is 109 Å². The van der Waals surface area contributed by atoms with Crippen LogP contribution in [0.5, 0.6) is 0 Å². The van der Waals surface area contributed by atoms with E-state index in [-0.39, 0.29) is 12.6 Å². The number of nitrogens with zero attached hydrogens (tertiary/aromatic N) is 2. The van der Waals surface area contributed by atoms with Crippen LogP contribution in [-0.4, -0.2) is 44.7 Å². The molecule has 2 aromatic heterocycles. The van der Waals surface area contributed by atoms with Crippen LogP contribution in [0.15, 0.2) is 12.5 Å². The molecule has 0 aliphatic rings. The highest BCUT2D eigenvalue weighted by atomic mass is 32.2. The van der Waals surface area contributed by atoms with Gasteiger partial charge in [-0.05, 0) is 6.26 Å². The van der Waals surface area contributed by atoms with Gasteiger partial charge < -0.3 is 21.1 Å². The van der Waals surface area contributed by atoms with E-state index in [1.54, 1.807) is 11.8 Å². The van der Waals surface area contributed by atoms with Crippen LogP contribution in [0.3, 0.4) is 0 Å². The first-order valence-corrected chi connectivity index (χ1v) is 7.05. The molecule has 6 nitrogen and oxygen atoms in total. The Morgan fingerprint density at radius 3 is 3.11 bits per heavy atom. The number of aliphatic hydroxyl groups is 1. The third-order valence-corrected chi connectivity index (χ3v) is 3.48. The topological polar surface area (TPSA) is 99.8 Å². The summed E-state index contributed by atoms with van der Waals surface area (Å²) in [6, 6.07) is 0.0872. The summed E-state index contributed by atoms with van der Waals surface area (Å²) >= 11 is 1.70. The summed E-state index contributed by atoms with van der Waals surface area (Å²) in [5, 5.41) is 12.5. The zero-order valence-electron chi connectivity index (χ0n) is 10.2. The van der Waals surface area contributed by atoms with E-state index in [1.807, 2.05) is 12.5 Å². The molecule has 0 aromatic carbocycles. The number of thioether (sulfide) groups is 1. The number of anilines is 1. The SMILES string of the molecule is CSC[C@@H](CO)NCc1c[nH]c2c(N)ncnc12. The van der Waals surface area contributed by atoms with Gasteiger partial charge in [-0.3, -0.25) is 0 Å². The van der Waals surface area contributed by atoms with Gasteiger partial charge in [0.25, 0.3) is 0 Å². The van der Waals surface area contributed by atoms with Gasteiger partial charge in [0.2, 0.25) is 0 Å². The van der Waals surface area contributed by atoms with E-state index in [1.165, 1.54) is 6.33 Å². The Balaban J connectivity index is 2.10. The Hall–Kier alpha value is -1.31. The zero-order valence-corrected chi connectivity index (χ0v) is 11.0. The molecule has 18 heavy (non-hydrogen) atoms. The second-order valence-corrected chi connectivity index (χ2v) is 4.92. The average molecular weight is 267 g/mol. The van der Waals surface area contributed by atoms with Crippen LogP contribution in [0.2, 0.25) is 0 Å². The monoisotopic (exact) mass is 267 g/mol. The van der Waals surface area contributed by atoms with Crippen molar-refractivity contribution in [3.63, 3.8) is 0 Å². The third kappa shape index (κ3) is 2.74. The fourth-order valence-electron chi connectivity index (χ4n) is 1.78. The number of fused-ring (bicyclic) bond motifs is 1. The molecule has 0 spiro atoms. The van der Waals surface area contributed by atoms with E-state index in [0.29, 0.717) is 12.4 Å². The molecule has 2 aromatic rings. The quantitative estimate of drug-likeness (QED) is 0.603. The largest absolute Gasteiger partial charge is 0.395 e. The van der Waals surface area contributed by atoms with Crippen LogP contribution in [-0.2, 0) is 6.54 Å². The van der Waals surface area contributed by atoms with Gasteiger partial charge in [-0.15, -0.1) is 0 Å². The molecule has 0 fully saturated rings. The number of aliphatic hydroxyl groups excluding tert-OH is 1. The number of rotatable bonds is 6. The van der Waals surface area contributed by atoms with E-state index in [0.717, 1.165) is 22.3 Å². The van der Waals surface area contributed by atoms with Crippen molar-refractivity contribution in [2.45, 2.75) is 12.6 Å². The first kappa shape index (κ1) is 13.1. The van der Waals surface area contributed by atoms with Crippen LogP contribution in [0.4, 0.5) is 5.82 Å². The standard InChI is InChI=1S/C11H17N5OS/c1-18-5-8(4-17)13-2-7-3-14-10-9(7)15-6-16-11(10)12/h3,6,8,13-14,17H,2,4-5H2,1H3,(H2,12,15,16)/t8-/m1/s1. The molecule has 0 saturated carbocycles. The molecule has 0 amide bonds. The highest BCUT2D eigenvalue weighted by Crippen LogP contribution is 2.18. The summed E-state index contributed by atoms with van der Waals surface area (Å²) in [6.45, 7) is 0.766. The first-order valence-electron chi connectivity index (χ1n) is 5.66. The minimum absolute atomic E-state index is 0.0872. The summed E-state index contributed by atoms with van der Waals surface area (Å²) < 4.78 is 0. The molecule has 0 aliphatic heterocycles. The predicted molar refractivity (Wildman–Crippen MR) is 74.4 cm³/mol. The lowest BCUT2D eigenvalue weighted by Crippen LogP contribution is -2.34. The molecule has 2 heterocycles. The van der Waals surface area contributed by atoms with Crippen molar-refractivity contribution in [2.75, 3.05) is 24.3 Å². The summed E-state index contributed by atoms with van der Waals surface area (Å²) in [4.78, 5) is 11.2. The van der Waals surface area contributed by atoms with Crippen LogP contribution >= 0.6 is 11.8 Å². The van der Waals surface area contributed by atoms with Gasteiger partial charge in [0.05, 0.1) is 12.1 Å². The Bertz CT molecular complexity index is 515. The average Bonchev–Trinajstić information content (AvgIpc) is 2.79. The molecular formula is C11H17N5OS. The molecule has 0 bridgehead atoms. The number of aromatic nitrogens is 3. The Kier molecular flexibility index (Phi) is 4.40. The van der Waals surface area contributed by atoms with Crippen LogP contribution in [0, 0.1) is 0 Å². The minimum Gasteiger partial charge on any atom is -0.395 e. The molecule has 5 N–H and O–H groups in total. The minimum atomic E-state index is 0.0872. The van der Waals surface area contributed by atoms with Crippen LogP contribution in [0.1, 0.15) is 5.56 Å².